The molecule has 0 N–H and O–H groups in total. The Balaban J connectivity index is 2.05. The zero-order chi connectivity index (χ0) is 18.7. The fourth-order valence-electron chi connectivity index (χ4n) is 3.56. The lowest BCUT2D eigenvalue weighted by Crippen LogP contribution is -2.39. The number of aryl methyl sites for hydroxylation is 1. The maximum absolute atomic E-state index is 12.5. The first-order valence-electron chi connectivity index (χ1n) is 9.54. The molecule has 0 saturated carbocycles. The second-order valence-corrected chi connectivity index (χ2v) is 6.92. The van der Waals surface area contributed by atoms with Crippen LogP contribution in [0.3, 0.4) is 0 Å². The zero-order valence-electron chi connectivity index (χ0n) is 15.9. The Hall–Kier alpha value is -2.43. The molecule has 1 fully saturated rings. The summed E-state index contributed by atoms with van der Waals surface area (Å²) in [5.41, 5.74) is 2.96. The predicted octanol–water partition coefficient (Wildman–Crippen LogP) is 4.37. The van der Waals surface area contributed by atoms with E-state index in [4.69, 9.17) is 4.98 Å². The molecule has 2 aromatic rings. The monoisotopic (exact) mass is 353 g/mol. The number of carbonyl (C=O) groups excluding carboxylic acids is 2. The van der Waals surface area contributed by atoms with E-state index in [9.17, 15) is 9.59 Å². The maximum atomic E-state index is 12.5. The van der Waals surface area contributed by atoms with E-state index in [1.54, 1.807) is 4.57 Å². The predicted molar refractivity (Wildman–Crippen MR) is 102 cm³/mol. The van der Waals surface area contributed by atoms with Gasteiger partial charge in [0.15, 0.2) is 0 Å². The second kappa shape index (κ2) is 7.85. The van der Waals surface area contributed by atoms with Crippen LogP contribution in [0.2, 0.25) is 0 Å². The Morgan fingerprint density at radius 2 is 1.77 bits per heavy atom. The number of carbonyl (C=O) groups is 2. The van der Waals surface area contributed by atoms with Crippen LogP contribution < -0.4 is 0 Å². The summed E-state index contributed by atoms with van der Waals surface area (Å²) in [7, 11) is 0. The number of hydrogen-bond acceptors (Lipinski definition) is 3. The normalized spacial score (nSPS) is 17.3. The van der Waals surface area contributed by atoms with Crippen molar-refractivity contribution in [3.63, 3.8) is 0 Å². The number of rotatable bonds is 4. The quantitative estimate of drug-likeness (QED) is 0.820. The highest BCUT2D eigenvalue weighted by atomic mass is 16.2. The molecule has 1 aromatic heterocycles. The number of nitrogens with zero attached hydrogens (tertiary/aromatic N) is 3. The van der Waals surface area contributed by atoms with Crippen molar-refractivity contribution >= 4 is 11.8 Å². The topological polar surface area (TPSA) is 55.2 Å². The molecule has 1 aromatic carbocycles. The van der Waals surface area contributed by atoms with Gasteiger partial charge in [-0.2, -0.15) is 0 Å². The lowest BCUT2D eigenvalue weighted by molar-refractivity contribution is -0.134. The van der Waals surface area contributed by atoms with Gasteiger partial charge in [0.05, 0.1) is 11.7 Å². The summed E-state index contributed by atoms with van der Waals surface area (Å²) in [6, 6.07) is 8.02. The average molecular weight is 353 g/mol. The fraction of sp³-hybridized carbons (Fsp3) is 0.476. The van der Waals surface area contributed by atoms with E-state index in [1.807, 2.05) is 56.1 Å². The average Bonchev–Trinajstić information content (AvgIpc) is 3.12. The van der Waals surface area contributed by atoms with Crippen LogP contribution in [0, 0.1) is 6.92 Å². The Labute approximate surface area is 155 Å². The Morgan fingerprint density at radius 1 is 1.08 bits per heavy atom. The molecule has 1 saturated heterocycles. The van der Waals surface area contributed by atoms with E-state index < -0.39 is 0 Å². The van der Waals surface area contributed by atoms with Crippen molar-refractivity contribution in [2.24, 2.45) is 0 Å². The summed E-state index contributed by atoms with van der Waals surface area (Å²) < 4.78 is 1.67. The standard InChI is InChI=1S/C21H27N3O2/c1-4-19(25)23-13-7-6-8-18(23)21-22-17(14-24(21)20(26)5-2)16-11-9-15(3)10-12-16/h9-12,14,18H,4-8,13H2,1-3H3. The minimum absolute atomic E-state index is 0.0142. The molecule has 0 radical (unpaired) electrons. The maximum Gasteiger partial charge on any atom is 0.231 e. The molecular formula is C21H27N3O2. The van der Waals surface area contributed by atoms with Gasteiger partial charge < -0.3 is 4.90 Å². The van der Waals surface area contributed by atoms with Crippen molar-refractivity contribution in [1.29, 1.82) is 0 Å². The summed E-state index contributed by atoms with van der Waals surface area (Å²) >= 11 is 0. The molecule has 1 aliphatic heterocycles. The smallest absolute Gasteiger partial charge is 0.231 e. The van der Waals surface area contributed by atoms with Crippen LogP contribution >= 0.6 is 0 Å². The minimum atomic E-state index is -0.120. The van der Waals surface area contributed by atoms with Gasteiger partial charge in [0.2, 0.25) is 11.8 Å². The third kappa shape index (κ3) is 3.57. The zero-order valence-corrected chi connectivity index (χ0v) is 15.9. The van der Waals surface area contributed by atoms with Crippen molar-refractivity contribution in [3.8, 4) is 11.3 Å². The Morgan fingerprint density at radius 3 is 2.42 bits per heavy atom. The van der Waals surface area contributed by atoms with Crippen molar-refractivity contribution in [2.45, 2.75) is 58.9 Å². The van der Waals surface area contributed by atoms with Crippen LogP contribution in [0.15, 0.2) is 30.5 Å². The van der Waals surface area contributed by atoms with Gasteiger partial charge in [0, 0.05) is 31.1 Å². The first kappa shape index (κ1) is 18.4. The van der Waals surface area contributed by atoms with Crippen molar-refractivity contribution < 1.29 is 9.59 Å². The van der Waals surface area contributed by atoms with Gasteiger partial charge in [-0.15, -0.1) is 0 Å². The Kier molecular flexibility index (Phi) is 5.55. The van der Waals surface area contributed by atoms with Gasteiger partial charge in [0.1, 0.15) is 5.82 Å². The molecular weight excluding hydrogens is 326 g/mol. The number of aromatic nitrogens is 2. The highest BCUT2D eigenvalue weighted by Gasteiger charge is 2.32. The fourth-order valence-corrected chi connectivity index (χ4v) is 3.56. The van der Waals surface area contributed by atoms with E-state index in [2.05, 4.69) is 0 Å². The number of amides is 1. The highest BCUT2D eigenvalue weighted by Crippen LogP contribution is 2.33. The summed E-state index contributed by atoms with van der Waals surface area (Å²) in [6.07, 6.45) is 5.62. The summed E-state index contributed by atoms with van der Waals surface area (Å²) in [4.78, 5) is 31.7. The van der Waals surface area contributed by atoms with E-state index in [1.165, 1.54) is 5.56 Å². The van der Waals surface area contributed by atoms with Crippen LogP contribution in [0.5, 0.6) is 0 Å². The van der Waals surface area contributed by atoms with E-state index in [0.717, 1.165) is 37.1 Å². The summed E-state index contributed by atoms with van der Waals surface area (Å²) in [6.45, 7) is 6.53. The number of hydrogen-bond donors (Lipinski definition) is 0. The third-order valence-electron chi connectivity index (χ3n) is 5.08. The number of piperidine rings is 1. The highest BCUT2D eigenvalue weighted by molar-refractivity contribution is 5.81. The van der Waals surface area contributed by atoms with Crippen LogP contribution in [0.1, 0.15) is 68.2 Å². The van der Waals surface area contributed by atoms with Crippen molar-refractivity contribution in [3.05, 3.63) is 41.9 Å². The largest absolute Gasteiger partial charge is 0.333 e. The number of imidazole rings is 1. The van der Waals surface area contributed by atoms with Gasteiger partial charge in [-0.05, 0) is 26.2 Å². The number of likely N-dealkylation sites (tertiary alicyclic amines) is 1. The molecule has 5 nitrogen and oxygen atoms in total. The molecule has 1 atom stereocenters. The summed E-state index contributed by atoms with van der Waals surface area (Å²) in [5, 5.41) is 0. The SMILES string of the molecule is CCC(=O)N1CCCCC1c1nc(-c2ccc(C)cc2)cn1C(=O)CC. The van der Waals surface area contributed by atoms with Gasteiger partial charge in [-0.1, -0.05) is 43.7 Å². The van der Waals surface area contributed by atoms with E-state index in [-0.39, 0.29) is 17.9 Å². The van der Waals surface area contributed by atoms with Crippen LogP contribution in [-0.2, 0) is 4.79 Å². The molecule has 138 valence electrons. The summed E-state index contributed by atoms with van der Waals surface area (Å²) in [5.74, 6) is 0.847. The molecule has 2 heterocycles. The van der Waals surface area contributed by atoms with E-state index in [0.29, 0.717) is 18.7 Å². The van der Waals surface area contributed by atoms with Gasteiger partial charge in [-0.3, -0.25) is 14.2 Å². The van der Waals surface area contributed by atoms with E-state index >= 15 is 0 Å². The van der Waals surface area contributed by atoms with Gasteiger partial charge >= 0.3 is 0 Å². The molecule has 0 spiro atoms. The van der Waals surface area contributed by atoms with Crippen LogP contribution in [-0.4, -0.2) is 32.8 Å². The number of benzene rings is 1. The molecule has 0 bridgehead atoms. The van der Waals surface area contributed by atoms with Crippen molar-refractivity contribution in [1.82, 2.24) is 14.5 Å². The molecule has 1 aliphatic rings. The minimum Gasteiger partial charge on any atom is -0.333 e. The van der Waals surface area contributed by atoms with Crippen LogP contribution in [0.4, 0.5) is 0 Å². The van der Waals surface area contributed by atoms with Crippen molar-refractivity contribution in [2.75, 3.05) is 6.54 Å². The molecule has 1 amide bonds. The molecule has 0 aliphatic carbocycles. The first-order valence-corrected chi connectivity index (χ1v) is 9.54. The Bertz CT molecular complexity index is 792. The third-order valence-corrected chi connectivity index (χ3v) is 5.08. The lowest BCUT2D eigenvalue weighted by atomic mass is 10.0. The van der Waals surface area contributed by atoms with Crippen LogP contribution in [0.25, 0.3) is 11.3 Å². The van der Waals surface area contributed by atoms with Gasteiger partial charge in [0.25, 0.3) is 0 Å². The second-order valence-electron chi connectivity index (χ2n) is 6.92. The molecule has 3 rings (SSSR count). The molecule has 26 heavy (non-hydrogen) atoms. The molecule has 1 unspecified atom stereocenters. The molecule has 5 heteroatoms. The lowest BCUT2D eigenvalue weighted by Gasteiger charge is -2.35. The first-order chi connectivity index (χ1) is 12.5. The van der Waals surface area contributed by atoms with Gasteiger partial charge in [-0.25, -0.2) is 4.98 Å².